The average Bonchev–Trinajstić information content (AvgIpc) is 3.43. The molecule has 0 aliphatic heterocycles. The number of benzene rings is 2. The van der Waals surface area contributed by atoms with Gasteiger partial charge in [-0.15, -0.1) is 11.3 Å². The quantitative estimate of drug-likeness (QED) is 0.546. The molecule has 1 aromatic heterocycles. The van der Waals surface area contributed by atoms with E-state index < -0.39 is 10.0 Å². The summed E-state index contributed by atoms with van der Waals surface area (Å²) in [6.07, 6.45) is 3.61. The van der Waals surface area contributed by atoms with Crippen molar-refractivity contribution in [2.45, 2.75) is 43.0 Å². The normalized spacial score (nSPS) is 14.2. The molecule has 29 heavy (non-hydrogen) atoms. The molecular weight excluding hydrogens is 404 g/mol. The first-order chi connectivity index (χ1) is 14.0. The molecule has 1 aliphatic carbocycles. The fourth-order valence-corrected chi connectivity index (χ4v) is 5.54. The highest BCUT2D eigenvalue weighted by Gasteiger charge is 2.27. The molecule has 2 N–H and O–H groups in total. The maximum Gasteiger partial charge on any atom is 0.240 e. The van der Waals surface area contributed by atoms with Gasteiger partial charge in [-0.25, -0.2) is 13.1 Å². The van der Waals surface area contributed by atoms with Crippen molar-refractivity contribution in [3.8, 4) is 0 Å². The summed E-state index contributed by atoms with van der Waals surface area (Å²) in [7, 11) is -3.42. The van der Waals surface area contributed by atoms with E-state index >= 15 is 0 Å². The molecule has 0 atom stereocenters. The standard InChI is InChI=1S/C22H24N2O3S2/c25-22(23-14-13-17-15-28-21-4-2-1-3-20(17)21)12-7-16-5-10-19(11-6-16)29(26,27)24-18-8-9-18/h1-6,10-11,15,18,24H,7-9,12-14H2,(H,23,25). The summed E-state index contributed by atoms with van der Waals surface area (Å²) in [5, 5.41) is 6.40. The van der Waals surface area contributed by atoms with Gasteiger partial charge in [-0.2, -0.15) is 0 Å². The van der Waals surface area contributed by atoms with E-state index in [2.05, 4.69) is 27.6 Å². The number of nitrogens with one attached hydrogen (secondary N) is 2. The van der Waals surface area contributed by atoms with Crippen LogP contribution in [0.25, 0.3) is 10.1 Å². The number of carbonyl (C=O) groups excluding carboxylic acids is 1. The molecule has 0 saturated heterocycles. The molecule has 2 aromatic carbocycles. The highest BCUT2D eigenvalue weighted by Crippen LogP contribution is 2.25. The number of hydrogen-bond acceptors (Lipinski definition) is 4. The highest BCUT2D eigenvalue weighted by molar-refractivity contribution is 7.89. The Morgan fingerprint density at radius 2 is 1.79 bits per heavy atom. The minimum absolute atomic E-state index is 0.0108. The van der Waals surface area contributed by atoms with Crippen LogP contribution in [0.1, 0.15) is 30.4 Å². The van der Waals surface area contributed by atoms with Crippen LogP contribution in [0.3, 0.4) is 0 Å². The monoisotopic (exact) mass is 428 g/mol. The minimum atomic E-state index is -3.42. The van der Waals surface area contributed by atoms with Crippen LogP contribution in [-0.4, -0.2) is 26.9 Å². The highest BCUT2D eigenvalue weighted by atomic mass is 32.2. The second-order valence-corrected chi connectivity index (χ2v) is 10.0. The molecule has 0 unspecified atom stereocenters. The van der Waals surface area contributed by atoms with E-state index in [9.17, 15) is 13.2 Å². The smallest absolute Gasteiger partial charge is 0.240 e. The molecule has 1 amide bonds. The Labute approximate surface area is 175 Å². The molecule has 0 radical (unpaired) electrons. The van der Waals surface area contributed by atoms with Crippen molar-refractivity contribution in [3.05, 3.63) is 65.0 Å². The van der Waals surface area contributed by atoms with E-state index in [4.69, 9.17) is 0 Å². The molecule has 3 aromatic rings. The summed E-state index contributed by atoms with van der Waals surface area (Å²) in [5.74, 6) is 0.0108. The maximum absolute atomic E-state index is 12.2. The Morgan fingerprint density at radius 3 is 2.55 bits per heavy atom. The summed E-state index contributed by atoms with van der Waals surface area (Å²) in [5.41, 5.74) is 2.22. The summed E-state index contributed by atoms with van der Waals surface area (Å²) < 4.78 is 28.3. The van der Waals surface area contributed by atoms with Gasteiger partial charge in [-0.05, 0) is 65.8 Å². The first kappa shape index (κ1) is 20.1. The number of rotatable bonds is 9. The van der Waals surface area contributed by atoms with E-state index in [1.165, 1.54) is 15.6 Å². The Morgan fingerprint density at radius 1 is 1.03 bits per heavy atom. The van der Waals surface area contributed by atoms with Gasteiger partial charge in [-0.3, -0.25) is 4.79 Å². The Bertz CT molecular complexity index is 1100. The third kappa shape index (κ3) is 5.23. The van der Waals surface area contributed by atoms with Crippen LogP contribution in [-0.2, 0) is 27.7 Å². The molecule has 5 nitrogen and oxygen atoms in total. The van der Waals surface area contributed by atoms with Gasteiger partial charge < -0.3 is 5.32 Å². The summed E-state index contributed by atoms with van der Waals surface area (Å²) in [4.78, 5) is 12.4. The van der Waals surface area contributed by atoms with Crippen LogP contribution in [0.15, 0.2) is 58.8 Å². The van der Waals surface area contributed by atoms with Gasteiger partial charge in [0.1, 0.15) is 0 Å². The Kier molecular flexibility index (Phi) is 5.99. The van der Waals surface area contributed by atoms with Crippen LogP contribution < -0.4 is 10.0 Å². The van der Waals surface area contributed by atoms with E-state index in [0.29, 0.717) is 19.4 Å². The van der Waals surface area contributed by atoms with Gasteiger partial charge in [-0.1, -0.05) is 30.3 Å². The van der Waals surface area contributed by atoms with Gasteiger partial charge >= 0.3 is 0 Å². The average molecular weight is 429 g/mol. The molecule has 4 rings (SSSR count). The van der Waals surface area contributed by atoms with Gasteiger partial charge in [0, 0.05) is 23.7 Å². The number of fused-ring (bicyclic) bond motifs is 1. The zero-order chi connectivity index (χ0) is 20.3. The topological polar surface area (TPSA) is 75.3 Å². The minimum Gasteiger partial charge on any atom is -0.356 e. The van der Waals surface area contributed by atoms with Crippen LogP contribution in [0.4, 0.5) is 0 Å². The zero-order valence-electron chi connectivity index (χ0n) is 16.1. The first-order valence-corrected chi connectivity index (χ1v) is 12.2. The third-order valence-corrected chi connectivity index (χ3v) is 7.60. The van der Waals surface area contributed by atoms with Crippen molar-refractivity contribution in [1.29, 1.82) is 0 Å². The van der Waals surface area contributed by atoms with Crippen molar-refractivity contribution in [3.63, 3.8) is 0 Å². The van der Waals surface area contributed by atoms with Gasteiger partial charge in [0.25, 0.3) is 0 Å². The lowest BCUT2D eigenvalue weighted by Gasteiger charge is -2.07. The zero-order valence-corrected chi connectivity index (χ0v) is 17.7. The molecule has 7 heteroatoms. The van der Waals surface area contributed by atoms with Gasteiger partial charge in [0.05, 0.1) is 4.90 Å². The number of sulfonamides is 1. The predicted octanol–water partition coefficient (Wildman–Crippen LogP) is 3.63. The maximum atomic E-state index is 12.2. The fraction of sp³-hybridized carbons (Fsp3) is 0.318. The predicted molar refractivity (Wildman–Crippen MR) is 117 cm³/mol. The lowest BCUT2D eigenvalue weighted by atomic mass is 10.1. The first-order valence-electron chi connectivity index (χ1n) is 9.84. The summed E-state index contributed by atoms with van der Waals surface area (Å²) in [6, 6.07) is 15.2. The SMILES string of the molecule is O=C(CCc1ccc(S(=O)(=O)NC2CC2)cc1)NCCc1csc2ccccc12. The lowest BCUT2D eigenvalue weighted by Crippen LogP contribution is -2.26. The second-order valence-electron chi connectivity index (χ2n) is 7.40. The number of hydrogen-bond donors (Lipinski definition) is 2. The van der Waals surface area contributed by atoms with Crippen LogP contribution in [0.5, 0.6) is 0 Å². The number of aryl methyl sites for hydroxylation is 1. The lowest BCUT2D eigenvalue weighted by molar-refractivity contribution is -0.121. The number of amides is 1. The molecule has 1 aliphatic rings. The van der Waals surface area contributed by atoms with E-state index in [1.54, 1.807) is 35.6 Å². The van der Waals surface area contributed by atoms with Crippen LogP contribution in [0, 0.1) is 0 Å². The fourth-order valence-electron chi connectivity index (χ4n) is 3.23. The van der Waals surface area contributed by atoms with Crippen molar-refractivity contribution < 1.29 is 13.2 Å². The molecule has 1 heterocycles. The number of thiophene rings is 1. The number of carbonyl (C=O) groups is 1. The Hall–Kier alpha value is -2.22. The molecule has 0 bridgehead atoms. The molecule has 1 saturated carbocycles. The second kappa shape index (κ2) is 8.65. The molecule has 1 fully saturated rings. The van der Waals surface area contributed by atoms with Crippen molar-refractivity contribution >= 4 is 37.4 Å². The van der Waals surface area contributed by atoms with Crippen molar-refractivity contribution in [2.24, 2.45) is 0 Å². The Balaban J connectivity index is 1.23. The summed E-state index contributed by atoms with van der Waals surface area (Å²) in [6.45, 7) is 0.615. The van der Waals surface area contributed by atoms with Gasteiger partial charge in [0.2, 0.25) is 15.9 Å². The largest absolute Gasteiger partial charge is 0.356 e. The molecular formula is C22H24N2O3S2. The molecule has 0 spiro atoms. The van der Waals surface area contributed by atoms with E-state index in [-0.39, 0.29) is 16.8 Å². The van der Waals surface area contributed by atoms with Gasteiger partial charge in [0.15, 0.2) is 0 Å². The summed E-state index contributed by atoms with van der Waals surface area (Å²) >= 11 is 1.73. The molecule has 152 valence electrons. The van der Waals surface area contributed by atoms with Crippen LogP contribution in [0.2, 0.25) is 0 Å². The van der Waals surface area contributed by atoms with Crippen molar-refractivity contribution in [2.75, 3.05) is 6.54 Å². The van der Waals surface area contributed by atoms with E-state index in [1.807, 2.05) is 12.1 Å². The third-order valence-electron chi connectivity index (χ3n) is 5.05. The van der Waals surface area contributed by atoms with E-state index in [0.717, 1.165) is 24.8 Å². The van der Waals surface area contributed by atoms with Crippen molar-refractivity contribution in [1.82, 2.24) is 10.0 Å². The van der Waals surface area contributed by atoms with Crippen LogP contribution >= 0.6 is 11.3 Å².